The lowest BCUT2D eigenvalue weighted by Gasteiger charge is -2.13. The number of nitriles is 1. The van der Waals surface area contributed by atoms with Gasteiger partial charge in [-0.05, 0) is 18.6 Å². The molecule has 1 aromatic heterocycles. The molecule has 1 amide bonds. The van der Waals surface area contributed by atoms with Crippen molar-refractivity contribution >= 4 is 11.9 Å². The van der Waals surface area contributed by atoms with Crippen molar-refractivity contribution in [2.24, 2.45) is 0 Å². The van der Waals surface area contributed by atoms with Gasteiger partial charge >= 0.3 is 5.97 Å². The van der Waals surface area contributed by atoms with E-state index in [1.807, 2.05) is 13.0 Å². The fourth-order valence-electron chi connectivity index (χ4n) is 1.42. The Kier molecular flexibility index (Phi) is 4.81. The van der Waals surface area contributed by atoms with Crippen LogP contribution in [0.25, 0.3) is 0 Å². The lowest BCUT2D eigenvalue weighted by molar-refractivity contribution is 0.0689. The minimum atomic E-state index is -1.21. The van der Waals surface area contributed by atoms with Crippen LogP contribution in [0.5, 0.6) is 0 Å². The molecule has 0 aromatic carbocycles. The van der Waals surface area contributed by atoms with E-state index in [0.29, 0.717) is 6.42 Å². The number of pyridine rings is 1. The number of hydrogen-bond donors (Lipinski definition) is 2. The van der Waals surface area contributed by atoms with E-state index in [4.69, 9.17) is 10.4 Å². The van der Waals surface area contributed by atoms with Gasteiger partial charge in [0, 0.05) is 12.2 Å². The largest absolute Gasteiger partial charge is 0.478 e. The molecule has 0 fully saturated rings. The summed E-state index contributed by atoms with van der Waals surface area (Å²) in [6.07, 6.45) is 2.12. The molecule has 94 valence electrons. The summed E-state index contributed by atoms with van der Waals surface area (Å²) in [6.45, 7) is 1.83. The van der Waals surface area contributed by atoms with Gasteiger partial charge in [0.1, 0.15) is 5.69 Å². The molecule has 1 unspecified atom stereocenters. The highest BCUT2D eigenvalue weighted by Gasteiger charge is 2.19. The summed E-state index contributed by atoms with van der Waals surface area (Å²) in [4.78, 5) is 26.6. The highest BCUT2D eigenvalue weighted by Crippen LogP contribution is 2.07. The third-order valence-corrected chi connectivity index (χ3v) is 2.42. The first-order valence-electron chi connectivity index (χ1n) is 5.46. The Morgan fingerprint density at radius 3 is 2.89 bits per heavy atom. The van der Waals surface area contributed by atoms with Crippen molar-refractivity contribution < 1.29 is 14.7 Å². The van der Waals surface area contributed by atoms with E-state index < -0.39 is 11.9 Å². The lowest BCUT2D eigenvalue weighted by Crippen LogP contribution is -2.35. The lowest BCUT2D eigenvalue weighted by atomic mass is 10.1. The molecular formula is C12H13N3O3. The van der Waals surface area contributed by atoms with Crippen LogP contribution in [0.2, 0.25) is 0 Å². The molecule has 1 atom stereocenters. The number of carbonyl (C=O) groups is 2. The van der Waals surface area contributed by atoms with Crippen molar-refractivity contribution in [3.05, 3.63) is 29.6 Å². The number of nitrogens with one attached hydrogen (secondary N) is 1. The van der Waals surface area contributed by atoms with E-state index in [9.17, 15) is 9.59 Å². The molecule has 0 saturated heterocycles. The van der Waals surface area contributed by atoms with Crippen LogP contribution in [0, 0.1) is 11.3 Å². The summed E-state index contributed by atoms with van der Waals surface area (Å²) in [5.74, 6) is -1.78. The second-order valence-electron chi connectivity index (χ2n) is 3.65. The van der Waals surface area contributed by atoms with Gasteiger partial charge in [-0.3, -0.25) is 9.78 Å². The van der Waals surface area contributed by atoms with Gasteiger partial charge in [-0.25, -0.2) is 4.79 Å². The maximum atomic E-state index is 11.9. The predicted octanol–water partition coefficient (Wildman–Crippen LogP) is 1.20. The van der Waals surface area contributed by atoms with Crippen LogP contribution in [-0.2, 0) is 0 Å². The van der Waals surface area contributed by atoms with Crippen molar-refractivity contribution in [2.75, 3.05) is 0 Å². The van der Waals surface area contributed by atoms with Gasteiger partial charge < -0.3 is 10.4 Å². The summed E-state index contributed by atoms with van der Waals surface area (Å²) in [6, 6.07) is 4.43. The van der Waals surface area contributed by atoms with Crippen LogP contribution < -0.4 is 5.32 Å². The minimum Gasteiger partial charge on any atom is -0.478 e. The first kappa shape index (κ1) is 13.6. The quantitative estimate of drug-likeness (QED) is 0.813. The second-order valence-corrected chi connectivity index (χ2v) is 3.65. The minimum absolute atomic E-state index is 0.138. The third-order valence-electron chi connectivity index (χ3n) is 2.42. The average molecular weight is 247 g/mol. The molecule has 0 bridgehead atoms. The van der Waals surface area contributed by atoms with Gasteiger partial charge in [0.05, 0.1) is 18.1 Å². The molecule has 18 heavy (non-hydrogen) atoms. The summed E-state index contributed by atoms with van der Waals surface area (Å²) in [5.41, 5.74) is -0.289. The molecule has 0 aliphatic heterocycles. The van der Waals surface area contributed by atoms with E-state index in [0.717, 1.165) is 0 Å². The van der Waals surface area contributed by atoms with Crippen LogP contribution in [0.3, 0.4) is 0 Å². The first-order valence-corrected chi connectivity index (χ1v) is 5.46. The summed E-state index contributed by atoms with van der Waals surface area (Å²) >= 11 is 0. The van der Waals surface area contributed by atoms with E-state index in [2.05, 4.69) is 10.3 Å². The van der Waals surface area contributed by atoms with Gasteiger partial charge in [-0.2, -0.15) is 5.26 Å². The summed E-state index contributed by atoms with van der Waals surface area (Å²) < 4.78 is 0. The molecule has 1 aromatic rings. The molecule has 0 saturated carbocycles. The molecule has 0 spiro atoms. The highest BCUT2D eigenvalue weighted by molar-refractivity contribution is 6.03. The molecule has 0 aliphatic carbocycles. The number of hydrogen-bond acceptors (Lipinski definition) is 4. The Bertz CT molecular complexity index is 494. The topological polar surface area (TPSA) is 103 Å². The van der Waals surface area contributed by atoms with Crippen molar-refractivity contribution in [2.45, 2.75) is 25.8 Å². The summed E-state index contributed by atoms with van der Waals surface area (Å²) in [5, 5.41) is 20.1. The average Bonchev–Trinajstić information content (AvgIpc) is 2.38. The fourth-order valence-corrected chi connectivity index (χ4v) is 1.42. The zero-order valence-corrected chi connectivity index (χ0v) is 9.88. The van der Waals surface area contributed by atoms with Crippen molar-refractivity contribution in [3.8, 4) is 6.07 Å². The van der Waals surface area contributed by atoms with E-state index in [1.54, 1.807) is 0 Å². The molecule has 2 N–H and O–H groups in total. The highest BCUT2D eigenvalue weighted by atomic mass is 16.4. The number of carboxylic acid groups (broad SMARTS) is 1. The number of rotatable bonds is 5. The predicted molar refractivity (Wildman–Crippen MR) is 63.0 cm³/mol. The Morgan fingerprint density at radius 1 is 1.61 bits per heavy atom. The van der Waals surface area contributed by atoms with Gasteiger partial charge in [0.2, 0.25) is 0 Å². The molecule has 6 heteroatoms. The maximum Gasteiger partial charge on any atom is 0.338 e. The Hall–Kier alpha value is -2.42. The SMILES string of the molecule is CCC(CC#N)NC(=O)c1ncccc1C(=O)O. The van der Waals surface area contributed by atoms with Crippen LogP contribution in [0.1, 0.15) is 40.6 Å². The number of nitrogens with zero attached hydrogens (tertiary/aromatic N) is 2. The van der Waals surface area contributed by atoms with Crippen molar-refractivity contribution in [1.29, 1.82) is 5.26 Å². The van der Waals surface area contributed by atoms with Gasteiger partial charge in [0.25, 0.3) is 5.91 Å². The second kappa shape index (κ2) is 6.35. The van der Waals surface area contributed by atoms with Gasteiger partial charge in [0.15, 0.2) is 0 Å². The number of carbonyl (C=O) groups excluding carboxylic acids is 1. The van der Waals surface area contributed by atoms with Gasteiger partial charge in [-0.1, -0.05) is 6.92 Å². The number of aromatic nitrogens is 1. The number of amides is 1. The van der Waals surface area contributed by atoms with E-state index >= 15 is 0 Å². The Balaban J connectivity index is 2.91. The van der Waals surface area contributed by atoms with Crippen molar-refractivity contribution in [3.63, 3.8) is 0 Å². The van der Waals surface area contributed by atoms with Crippen LogP contribution in [-0.4, -0.2) is 28.0 Å². The molecule has 1 heterocycles. The zero-order valence-electron chi connectivity index (χ0n) is 9.88. The standard InChI is InChI=1S/C12H13N3O3/c1-2-8(5-6-13)15-11(16)10-9(12(17)18)4-3-7-14-10/h3-4,7-8H,2,5H2,1H3,(H,15,16)(H,17,18). The normalized spacial score (nSPS) is 11.3. The molecule has 6 nitrogen and oxygen atoms in total. The Morgan fingerprint density at radius 2 is 2.33 bits per heavy atom. The first-order chi connectivity index (χ1) is 8.60. The van der Waals surface area contributed by atoms with E-state index in [-0.39, 0.29) is 23.7 Å². The van der Waals surface area contributed by atoms with Crippen molar-refractivity contribution in [1.82, 2.24) is 10.3 Å². The zero-order chi connectivity index (χ0) is 13.5. The van der Waals surface area contributed by atoms with Gasteiger partial charge in [-0.15, -0.1) is 0 Å². The Labute approximate surface area is 104 Å². The molecule has 0 radical (unpaired) electrons. The number of carboxylic acids is 1. The molecule has 1 rings (SSSR count). The third kappa shape index (κ3) is 3.28. The number of aromatic carboxylic acids is 1. The smallest absolute Gasteiger partial charge is 0.338 e. The van der Waals surface area contributed by atoms with Crippen LogP contribution in [0.15, 0.2) is 18.3 Å². The molecular weight excluding hydrogens is 234 g/mol. The fraction of sp³-hybridized carbons (Fsp3) is 0.333. The molecule has 0 aliphatic rings. The maximum absolute atomic E-state index is 11.9. The summed E-state index contributed by atoms with van der Waals surface area (Å²) in [7, 11) is 0. The van der Waals surface area contributed by atoms with E-state index in [1.165, 1.54) is 18.3 Å². The van der Waals surface area contributed by atoms with Crippen LogP contribution in [0.4, 0.5) is 0 Å². The van der Waals surface area contributed by atoms with Crippen LogP contribution >= 0.6 is 0 Å². The monoisotopic (exact) mass is 247 g/mol.